The Morgan fingerprint density at radius 2 is 2.24 bits per heavy atom. The van der Waals surface area contributed by atoms with Crippen molar-refractivity contribution in [1.82, 2.24) is 4.90 Å². The molecule has 0 amide bonds. The van der Waals surface area contributed by atoms with Crippen molar-refractivity contribution in [1.29, 1.82) is 0 Å². The van der Waals surface area contributed by atoms with Crippen LogP contribution in [0.4, 0.5) is 0 Å². The third-order valence-corrected chi connectivity index (χ3v) is 3.66. The average molecular weight is 230 g/mol. The highest BCUT2D eigenvalue weighted by Crippen LogP contribution is 2.29. The molecule has 90 valence electrons. The van der Waals surface area contributed by atoms with E-state index in [0.717, 1.165) is 30.9 Å². The zero-order valence-electron chi connectivity index (χ0n) is 10.1. The van der Waals surface area contributed by atoms with Crippen LogP contribution >= 0.6 is 0 Å². The molecule has 2 heterocycles. The van der Waals surface area contributed by atoms with E-state index in [2.05, 4.69) is 24.0 Å². The van der Waals surface area contributed by atoms with Gasteiger partial charge in [0.2, 0.25) is 0 Å². The van der Waals surface area contributed by atoms with Gasteiger partial charge in [-0.2, -0.15) is 0 Å². The standard InChI is InChI=1S/C14H18N2O/c1-10(16-7-6-12(15)9-16)14-8-11-4-2-3-5-13(11)17-14/h2-5,8,10,12H,6-7,9,15H2,1H3. The molecule has 2 N–H and O–H groups in total. The van der Waals surface area contributed by atoms with Crippen LogP contribution in [0.15, 0.2) is 34.7 Å². The SMILES string of the molecule is CC(c1cc2ccccc2o1)N1CCC(N)C1. The van der Waals surface area contributed by atoms with Crippen LogP contribution in [0.2, 0.25) is 0 Å². The number of hydrogen-bond donors (Lipinski definition) is 1. The third kappa shape index (κ3) is 1.96. The Kier molecular flexibility index (Phi) is 2.65. The normalized spacial score (nSPS) is 23.3. The van der Waals surface area contributed by atoms with Gasteiger partial charge in [0, 0.05) is 24.5 Å². The molecule has 1 aromatic heterocycles. The molecular weight excluding hydrogens is 212 g/mol. The van der Waals surface area contributed by atoms with E-state index in [-0.39, 0.29) is 0 Å². The highest BCUT2D eigenvalue weighted by Gasteiger charge is 2.26. The fourth-order valence-electron chi connectivity index (χ4n) is 2.56. The number of benzene rings is 1. The molecule has 2 aromatic rings. The first-order chi connectivity index (χ1) is 8.24. The van der Waals surface area contributed by atoms with Crippen molar-refractivity contribution in [3.8, 4) is 0 Å². The molecule has 1 fully saturated rings. The van der Waals surface area contributed by atoms with Crippen molar-refractivity contribution in [2.75, 3.05) is 13.1 Å². The highest BCUT2D eigenvalue weighted by molar-refractivity contribution is 5.77. The summed E-state index contributed by atoms with van der Waals surface area (Å²) >= 11 is 0. The predicted molar refractivity (Wildman–Crippen MR) is 68.8 cm³/mol. The van der Waals surface area contributed by atoms with Gasteiger partial charge in [-0.3, -0.25) is 4.90 Å². The van der Waals surface area contributed by atoms with E-state index in [4.69, 9.17) is 10.2 Å². The molecule has 0 spiro atoms. The Morgan fingerprint density at radius 1 is 1.41 bits per heavy atom. The molecule has 3 nitrogen and oxygen atoms in total. The summed E-state index contributed by atoms with van der Waals surface area (Å²) in [5.41, 5.74) is 6.91. The van der Waals surface area contributed by atoms with Gasteiger partial charge in [0.25, 0.3) is 0 Å². The predicted octanol–water partition coefficient (Wildman–Crippen LogP) is 2.53. The van der Waals surface area contributed by atoms with Gasteiger partial charge in [0.1, 0.15) is 11.3 Å². The second kappa shape index (κ2) is 4.17. The smallest absolute Gasteiger partial charge is 0.134 e. The van der Waals surface area contributed by atoms with E-state index in [9.17, 15) is 0 Å². The number of hydrogen-bond acceptors (Lipinski definition) is 3. The van der Waals surface area contributed by atoms with Crippen molar-refractivity contribution in [2.45, 2.75) is 25.4 Å². The first-order valence-corrected chi connectivity index (χ1v) is 6.22. The van der Waals surface area contributed by atoms with Gasteiger partial charge < -0.3 is 10.2 Å². The van der Waals surface area contributed by atoms with Crippen molar-refractivity contribution in [2.24, 2.45) is 5.73 Å². The van der Waals surface area contributed by atoms with Crippen LogP contribution in [-0.2, 0) is 0 Å². The molecule has 0 radical (unpaired) electrons. The van der Waals surface area contributed by atoms with Crippen molar-refractivity contribution < 1.29 is 4.42 Å². The maximum Gasteiger partial charge on any atom is 0.134 e. The Balaban J connectivity index is 1.87. The molecular formula is C14H18N2O. The number of nitrogens with two attached hydrogens (primary N) is 1. The van der Waals surface area contributed by atoms with E-state index in [1.807, 2.05) is 18.2 Å². The van der Waals surface area contributed by atoms with Crippen LogP contribution in [0.25, 0.3) is 11.0 Å². The van der Waals surface area contributed by atoms with E-state index in [0.29, 0.717) is 12.1 Å². The fourth-order valence-corrected chi connectivity index (χ4v) is 2.56. The molecule has 1 aromatic carbocycles. The first kappa shape index (κ1) is 10.8. The van der Waals surface area contributed by atoms with E-state index < -0.39 is 0 Å². The van der Waals surface area contributed by atoms with Gasteiger partial charge in [-0.15, -0.1) is 0 Å². The molecule has 1 aliphatic heterocycles. The summed E-state index contributed by atoms with van der Waals surface area (Å²) in [4.78, 5) is 2.39. The minimum absolute atomic E-state index is 0.316. The maximum absolute atomic E-state index is 5.94. The number of fused-ring (bicyclic) bond motifs is 1. The van der Waals surface area contributed by atoms with Crippen LogP contribution in [-0.4, -0.2) is 24.0 Å². The fraction of sp³-hybridized carbons (Fsp3) is 0.429. The Morgan fingerprint density at radius 3 is 2.94 bits per heavy atom. The lowest BCUT2D eigenvalue weighted by Gasteiger charge is -2.21. The largest absolute Gasteiger partial charge is 0.459 e. The van der Waals surface area contributed by atoms with Crippen molar-refractivity contribution in [3.63, 3.8) is 0 Å². The lowest BCUT2D eigenvalue weighted by atomic mass is 10.2. The minimum Gasteiger partial charge on any atom is -0.459 e. The lowest BCUT2D eigenvalue weighted by molar-refractivity contribution is 0.232. The number of rotatable bonds is 2. The summed E-state index contributed by atoms with van der Waals surface area (Å²) in [6.45, 7) is 4.23. The van der Waals surface area contributed by atoms with E-state index >= 15 is 0 Å². The maximum atomic E-state index is 5.94. The van der Waals surface area contributed by atoms with Gasteiger partial charge in [-0.1, -0.05) is 18.2 Å². The quantitative estimate of drug-likeness (QED) is 0.862. The average Bonchev–Trinajstić information content (AvgIpc) is 2.93. The molecule has 3 heteroatoms. The molecule has 17 heavy (non-hydrogen) atoms. The summed E-state index contributed by atoms with van der Waals surface area (Å²) in [5.74, 6) is 1.04. The monoisotopic (exact) mass is 230 g/mol. The van der Waals surface area contributed by atoms with E-state index in [1.165, 1.54) is 5.39 Å². The van der Waals surface area contributed by atoms with Gasteiger partial charge in [0.05, 0.1) is 6.04 Å². The summed E-state index contributed by atoms with van der Waals surface area (Å²) in [6, 6.07) is 10.9. The van der Waals surface area contributed by atoms with Crippen LogP contribution in [0.5, 0.6) is 0 Å². The zero-order valence-corrected chi connectivity index (χ0v) is 10.1. The van der Waals surface area contributed by atoms with Crippen LogP contribution in [0, 0.1) is 0 Å². The third-order valence-electron chi connectivity index (χ3n) is 3.66. The Bertz CT molecular complexity index is 487. The van der Waals surface area contributed by atoms with Gasteiger partial charge in [0.15, 0.2) is 0 Å². The Hall–Kier alpha value is -1.32. The highest BCUT2D eigenvalue weighted by atomic mass is 16.3. The minimum atomic E-state index is 0.316. The molecule has 2 unspecified atom stereocenters. The number of furan rings is 1. The van der Waals surface area contributed by atoms with Crippen LogP contribution in [0.3, 0.4) is 0 Å². The second-order valence-corrected chi connectivity index (χ2v) is 4.91. The van der Waals surface area contributed by atoms with Crippen molar-refractivity contribution >= 4 is 11.0 Å². The molecule has 0 bridgehead atoms. The first-order valence-electron chi connectivity index (χ1n) is 6.22. The Labute approximate surface area is 101 Å². The molecule has 0 aliphatic carbocycles. The number of likely N-dealkylation sites (tertiary alicyclic amines) is 1. The van der Waals surface area contributed by atoms with Crippen LogP contribution < -0.4 is 5.73 Å². The summed E-state index contributed by atoms with van der Waals surface area (Å²) < 4.78 is 5.89. The van der Waals surface area contributed by atoms with Crippen LogP contribution in [0.1, 0.15) is 25.1 Å². The lowest BCUT2D eigenvalue weighted by Crippen LogP contribution is -2.28. The molecule has 0 saturated carbocycles. The van der Waals surface area contributed by atoms with Crippen molar-refractivity contribution in [3.05, 3.63) is 36.1 Å². The van der Waals surface area contributed by atoms with Gasteiger partial charge >= 0.3 is 0 Å². The summed E-state index contributed by atoms with van der Waals surface area (Å²) in [7, 11) is 0. The molecule has 1 saturated heterocycles. The topological polar surface area (TPSA) is 42.4 Å². The van der Waals surface area contributed by atoms with Gasteiger partial charge in [-0.25, -0.2) is 0 Å². The second-order valence-electron chi connectivity index (χ2n) is 4.91. The van der Waals surface area contributed by atoms with Gasteiger partial charge in [-0.05, 0) is 25.5 Å². The van der Waals surface area contributed by atoms with E-state index in [1.54, 1.807) is 0 Å². The number of nitrogens with zero attached hydrogens (tertiary/aromatic N) is 1. The summed E-state index contributed by atoms with van der Waals surface area (Å²) in [6.07, 6.45) is 1.09. The molecule has 2 atom stereocenters. The zero-order chi connectivity index (χ0) is 11.8. The molecule has 3 rings (SSSR count). The summed E-state index contributed by atoms with van der Waals surface area (Å²) in [5, 5.41) is 1.18. The number of para-hydroxylation sites is 1. The molecule has 1 aliphatic rings.